The Morgan fingerprint density at radius 3 is 1.76 bits per heavy atom. The molecular weight excluding hydrogens is 302 g/mol. The Hall–Kier alpha value is -1.86. The van der Waals surface area contributed by atoms with E-state index in [2.05, 4.69) is 67.5 Å². The van der Waals surface area contributed by atoms with Crippen molar-refractivity contribution in [3.8, 4) is 0 Å². The van der Waals surface area contributed by atoms with Gasteiger partial charge < -0.3 is 4.90 Å². The molecule has 0 saturated heterocycles. The van der Waals surface area contributed by atoms with E-state index in [-0.39, 0.29) is 0 Å². The number of allylic oxidation sites excluding steroid dienone is 2. The highest BCUT2D eigenvalue weighted by Gasteiger charge is 2.22. The van der Waals surface area contributed by atoms with Crippen LogP contribution in [0.25, 0.3) is 0 Å². The Labute approximate surface area is 154 Å². The van der Waals surface area contributed by atoms with Crippen molar-refractivity contribution in [1.82, 2.24) is 4.90 Å². The zero-order valence-electron chi connectivity index (χ0n) is 16.3. The van der Waals surface area contributed by atoms with Crippen molar-refractivity contribution in [1.29, 1.82) is 0 Å². The van der Waals surface area contributed by atoms with E-state index in [0.29, 0.717) is 5.92 Å². The predicted octanol–water partition coefficient (Wildman–Crippen LogP) is 5.84. The summed E-state index contributed by atoms with van der Waals surface area (Å²) in [5, 5.41) is 0. The first kappa shape index (κ1) is 19.5. The van der Waals surface area contributed by atoms with Crippen LogP contribution >= 0.6 is 0 Å². The van der Waals surface area contributed by atoms with Crippen molar-refractivity contribution in [2.45, 2.75) is 45.4 Å². The third-order valence-corrected chi connectivity index (χ3v) is 4.96. The molecular formula is C24H33N. The van der Waals surface area contributed by atoms with E-state index in [1.807, 2.05) is 26.0 Å². The van der Waals surface area contributed by atoms with Gasteiger partial charge in [0.1, 0.15) is 0 Å². The first-order valence-corrected chi connectivity index (χ1v) is 9.55. The summed E-state index contributed by atoms with van der Waals surface area (Å²) in [4.78, 5) is 2.29. The third-order valence-electron chi connectivity index (χ3n) is 4.96. The van der Waals surface area contributed by atoms with Gasteiger partial charge in [-0.1, -0.05) is 60.7 Å². The Kier molecular flexibility index (Phi) is 7.94. The van der Waals surface area contributed by atoms with Crippen molar-refractivity contribution in [2.24, 2.45) is 0 Å². The van der Waals surface area contributed by atoms with E-state index in [0.717, 1.165) is 0 Å². The molecule has 0 bridgehead atoms. The van der Waals surface area contributed by atoms with Crippen LogP contribution in [0.5, 0.6) is 0 Å². The van der Waals surface area contributed by atoms with Crippen LogP contribution in [0.4, 0.5) is 0 Å². The number of rotatable bonds is 4. The number of fused-ring (bicyclic) bond motifs is 2. The van der Waals surface area contributed by atoms with Gasteiger partial charge in [0.15, 0.2) is 0 Å². The zero-order valence-corrected chi connectivity index (χ0v) is 16.3. The molecule has 0 N–H and O–H groups in total. The van der Waals surface area contributed by atoms with Gasteiger partial charge >= 0.3 is 0 Å². The Bertz CT molecular complexity index is 618. The van der Waals surface area contributed by atoms with Crippen LogP contribution in [0, 0.1) is 0 Å². The number of hydrogen-bond acceptors (Lipinski definition) is 1. The first-order valence-electron chi connectivity index (χ1n) is 9.55. The smallest absolute Gasteiger partial charge is 0.00952 e. The molecule has 1 nitrogen and oxygen atoms in total. The van der Waals surface area contributed by atoms with Crippen LogP contribution in [0.15, 0.2) is 60.7 Å². The summed E-state index contributed by atoms with van der Waals surface area (Å²) in [7, 11) is 4.32. The summed E-state index contributed by atoms with van der Waals surface area (Å²) in [5.74, 6) is 0.569. The molecule has 0 unspecified atom stereocenters. The number of benzene rings is 2. The van der Waals surface area contributed by atoms with Crippen LogP contribution < -0.4 is 0 Å². The monoisotopic (exact) mass is 335 g/mol. The van der Waals surface area contributed by atoms with E-state index in [4.69, 9.17) is 0 Å². The molecule has 0 atom stereocenters. The largest absolute Gasteiger partial charge is 0.309 e. The average molecular weight is 336 g/mol. The Morgan fingerprint density at radius 2 is 1.32 bits per heavy atom. The maximum atomic E-state index is 2.34. The van der Waals surface area contributed by atoms with Crippen molar-refractivity contribution >= 4 is 0 Å². The highest BCUT2D eigenvalue weighted by Crippen LogP contribution is 2.37. The van der Waals surface area contributed by atoms with E-state index in [1.54, 1.807) is 22.3 Å². The predicted molar refractivity (Wildman–Crippen MR) is 110 cm³/mol. The summed E-state index contributed by atoms with van der Waals surface area (Å²) < 4.78 is 0. The number of aryl methyl sites for hydroxylation is 2. The van der Waals surface area contributed by atoms with Gasteiger partial charge in [0.25, 0.3) is 0 Å². The van der Waals surface area contributed by atoms with Crippen LogP contribution in [-0.4, -0.2) is 25.5 Å². The van der Waals surface area contributed by atoms with Crippen molar-refractivity contribution in [3.63, 3.8) is 0 Å². The van der Waals surface area contributed by atoms with Gasteiger partial charge in [-0.25, -0.2) is 0 Å². The molecule has 0 aliphatic heterocycles. The van der Waals surface area contributed by atoms with Crippen LogP contribution in [0.1, 0.15) is 54.9 Å². The number of hydrogen-bond donors (Lipinski definition) is 0. The van der Waals surface area contributed by atoms with Gasteiger partial charge in [-0.15, -0.1) is 0 Å². The first-order chi connectivity index (χ1) is 12.2. The fraction of sp³-hybridized carbons (Fsp3) is 0.417. The molecule has 2 aromatic carbocycles. The van der Waals surface area contributed by atoms with Gasteiger partial charge in [0.05, 0.1) is 0 Å². The lowest BCUT2D eigenvalue weighted by Crippen LogP contribution is -2.14. The highest BCUT2D eigenvalue weighted by atomic mass is 15.0. The van der Waals surface area contributed by atoms with Crippen molar-refractivity contribution in [3.05, 3.63) is 82.9 Å². The molecule has 134 valence electrons. The summed E-state index contributed by atoms with van der Waals surface area (Å²) in [6, 6.07) is 18.1. The lowest BCUT2D eigenvalue weighted by Gasteiger charge is -2.21. The minimum absolute atomic E-state index is 0.569. The molecule has 1 aliphatic rings. The second kappa shape index (κ2) is 10.2. The van der Waals surface area contributed by atoms with Gasteiger partial charge in [-0.2, -0.15) is 0 Å². The SMILES string of the molecule is C/C=C\C.CN(C)CCCC1c2ccccc2CCc2ccccc21. The topological polar surface area (TPSA) is 3.24 Å². The lowest BCUT2D eigenvalue weighted by atomic mass is 9.85. The zero-order chi connectivity index (χ0) is 18.1. The molecule has 1 heteroatoms. The van der Waals surface area contributed by atoms with Crippen molar-refractivity contribution < 1.29 is 0 Å². The average Bonchev–Trinajstić information content (AvgIpc) is 2.79. The highest BCUT2D eigenvalue weighted by molar-refractivity contribution is 5.44. The molecule has 0 heterocycles. The van der Waals surface area contributed by atoms with Crippen molar-refractivity contribution in [2.75, 3.05) is 20.6 Å². The molecule has 25 heavy (non-hydrogen) atoms. The molecule has 0 saturated carbocycles. The number of nitrogens with zero attached hydrogens (tertiary/aromatic N) is 1. The molecule has 0 spiro atoms. The third kappa shape index (κ3) is 5.57. The van der Waals surface area contributed by atoms with E-state index < -0.39 is 0 Å². The van der Waals surface area contributed by atoms with E-state index >= 15 is 0 Å². The maximum absolute atomic E-state index is 2.34. The van der Waals surface area contributed by atoms with Crippen LogP contribution in [0.2, 0.25) is 0 Å². The van der Waals surface area contributed by atoms with Gasteiger partial charge in [0.2, 0.25) is 0 Å². The minimum Gasteiger partial charge on any atom is -0.309 e. The van der Waals surface area contributed by atoms with Crippen LogP contribution in [-0.2, 0) is 12.8 Å². The lowest BCUT2D eigenvalue weighted by molar-refractivity contribution is 0.389. The van der Waals surface area contributed by atoms with Gasteiger partial charge in [-0.3, -0.25) is 0 Å². The van der Waals surface area contributed by atoms with Gasteiger partial charge in [-0.05, 0) is 82.4 Å². The summed E-state index contributed by atoms with van der Waals surface area (Å²) in [5.41, 5.74) is 6.20. The van der Waals surface area contributed by atoms with Gasteiger partial charge in [0, 0.05) is 5.92 Å². The fourth-order valence-corrected chi connectivity index (χ4v) is 3.56. The summed E-state index contributed by atoms with van der Waals surface area (Å²) >= 11 is 0. The molecule has 0 fully saturated rings. The van der Waals surface area contributed by atoms with Crippen LogP contribution in [0.3, 0.4) is 0 Å². The Balaban J connectivity index is 0.000000511. The second-order valence-electron chi connectivity index (χ2n) is 7.06. The standard InChI is InChI=1S/C20H25N.C4H8/c1-21(2)15-7-12-20-18-10-5-3-8-16(18)13-14-17-9-4-6-11-19(17)20;1-3-4-2/h3-6,8-11,20H,7,12-15H2,1-2H3;3-4H,1-2H3/b;4-3-. The maximum Gasteiger partial charge on any atom is 0.00952 e. The molecule has 1 aliphatic carbocycles. The normalized spacial score (nSPS) is 13.8. The quantitative estimate of drug-likeness (QED) is 0.634. The molecule has 3 rings (SSSR count). The molecule has 2 aromatic rings. The second-order valence-corrected chi connectivity index (χ2v) is 7.06. The molecule has 0 aromatic heterocycles. The molecule has 0 radical (unpaired) electrons. The Morgan fingerprint density at radius 1 is 0.840 bits per heavy atom. The summed E-state index contributed by atoms with van der Waals surface area (Å²) in [6.07, 6.45) is 8.85. The molecule has 0 amide bonds. The van der Waals surface area contributed by atoms with E-state index in [1.165, 1.54) is 32.2 Å². The van der Waals surface area contributed by atoms with E-state index in [9.17, 15) is 0 Å². The minimum atomic E-state index is 0.569. The fourth-order valence-electron chi connectivity index (χ4n) is 3.56. The summed E-state index contributed by atoms with van der Waals surface area (Å²) in [6.45, 7) is 5.17.